The Balaban J connectivity index is 2.11. The summed E-state index contributed by atoms with van der Waals surface area (Å²) in [6, 6.07) is 7.41. The molecule has 0 radical (unpaired) electrons. The van der Waals surface area contributed by atoms with E-state index in [1.807, 2.05) is 18.2 Å². The van der Waals surface area contributed by atoms with Gasteiger partial charge in [0, 0.05) is 5.56 Å². The van der Waals surface area contributed by atoms with Gasteiger partial charge < -0.3 is 9.64 Å². The lowest BCUT2D eigenvalue weighted by Gasteiger charge is -2.29. The van der Waals surface area contributed by atoms with Crippen molar-refractivity contribution in [3.8, 4) is 0 Å². The number of ketones is 1. The van der Waals surface area contributed by atoms with E-state index in [9.17, 15) is 9.59 Å². The lowest BCUT2D eigenvalue weighted by Crippen LogP contribution is -2.29. The van der Waals surface area contributed by atoms with E-state index in [1.165, 1.54) is 0 Å². The van der Waals surface area contributed by atoms with Gasteiger partial charge in [0.25, 0.3) is 5.78 Å². The zero-order valence-electron chi connectivity index (χ0n) is 12.1. The van der Waals surface area contributed by atoms with Crippen molar-refractivity contribution in [2.75, 3.05) is 26.7 Å². The van der Waals surface area contributed by atoms with Crippen LogP contribution in [-0.4, -0.2) is 43.4 Å². The van der Waals surface area contributed by atoms with Crippen molar-refractivity contribution in [2.45, 2.75) is 25.7 Å². The second-order valence-electron chi connectivity index (χ2n) is 5.25. The monoisotopic (exact) mass is 275 g/mol. The third-order valence-corrected chi connectivity index (χ3v) is 3.80. The Kier molecular flexibility index (Phi) is 4.90. The van der Waals surface area contributed by atoms with Gasteiger partial charge in [-0.3, -0.25) is 4.79 Å². The highest BCUT2D eigenvalue weighted by Crippen LogP contribution is 2.28. The molecule has 0 N–H and O–H groups in total. The third kappa shape index (κ3) is 3.45. The predicted molar refractivity (Wildman–Crippen MR) is 76.9 cm³/mol. The van der Waals surface area contributed by atoms with Crippen LogP contribution in [-0.2, 0) is 9.53 Å². The molecular weight excluding hydrogens is 254 g/mol. The van der Waals surface area contributed by atoms with Crippen LogP contribution in [0.1, 0.15) is 41.6 Å². The number of benzene rings is 1. The number of hydrogen-bond donors (Lipinski definition) is 0. The number of carbonyl (C=O) groups is 2. The molecule has 0 spiro atoms. The standard InChI is InChI=1S/C16H21NO3/c1-3-20-16(19)15(18)14-6-4-5-13(11-14)12-7-9-17(2)10-8-12/h4-6,11-12H,3,7-10H2,1-2H3. The molecule has 0 aromatic heterocycles. The topological polar surface area (TPSA) is 46.6 Å². The lowest BCUT2D eigenvalue weighted by molar-refractivity contribution is -0.137. The molecular formula is C16H21NO3. The molecule has 1 aliphatic rings. The number of esters is 1. The van der Waals surface area contributed by atoms with Crippen LogP contribution in [0.25, 0.3) is 0 Å². The normalized spacial score (nSPS) is 16.9. The van der Waals surface area contributed by atoms with Crippen LogP contribution in [0.15, 0.2) is 24.3 Å². The van der Waals surface area contributed by atoms with Gasteiger partial charge in [0.15, 0.2) is 0 Å². The molecule has 4 nitrogen and oxygen atoms in total. The first-order valence-electron chi connectivity index (χ1n) is 7.11. The molecule has 1 aromatic rings. The van der Waals surface area contributed by atoms with Gasteiger partial charge in [0.05, 0.1) is 6.61 Å². The Hall–Kier alpha value is -1.68. The number of piperidine rings is 1. The molecule has 1 heterocycles. The van der Waals surface area contributed by atoms with Crippen molar-refractivity contribution in [1.29, 1.82) is 0 Å². The zero-order valence-corrected chi connectivity index (χ0v) is 12.1. The average Bonchev–Trinajstić information content (AvgIpc) is 2.47. The van der Waals surface area contributed by atoms with E-state index in [0.29, 0.717) is 11.5 Å². The van der Waals surface area contributed by atoms with E-state index in [0.717, 1.165) is 31.5 Å². The van der Waals surface area contributed by atoms with Gasteiger partial charge in [-0.05, 0) is 57.5 Å². The molecule has 1 aromatic carbocycles. The average molecular weight is 275 g/mol. The molecule has 4 heteroatoms. The van der Waals surface area contributed by atoms with Crippen molar-refractivity contribution < 1.29 is 14.3 Å². The van der Waals surface area contributed by atoms with Crippen LogP contribution >= 0.6 is 0 Å². The quantitative estimate of drug-likeness (QED) is 0.480. The Bertz CT molecular complexity index is 490. The minimum atomic E-state index is -0.770. The first kappa shape index (κ1) is 14.7. The maximum absolute atomic E-state index is 11.9. The Morgan fingerprint density at radius 3 is 2.65 bits per heavy atom. The Morgan fingerprint density at radius 1 is 1.30 bits per heavy atom. The second kappa shape index (κ2) is 6.66. The van der Waals surface area contributed by atoms with Crippen LogP contribution in [0.3, 0.4) is 0 Å². The fraction of sp³-hybridized carbons (Fsp3) is 0.500. The predicted octanol–water partition coefficient (Wildman–Crippen LogP) is 2.24. The number of ether oxygens (including phenoxy) is 1. The van der Waals surface area contributed by atoms with Crippen molar-refractivity contribution in [1.82, 2.24) is 4.90 Å². The fourth-order valence-electron chi connectivity index (χ4n) is 2.59. The van der Waals surface area contributed by atoms with Gasteiger partial charge in [0.2, 0.25) is 0 Å². The van der Waals surface area contributed by atoms with Crippen LogP contribution in [0.5, 0.6) is 0 Å². The molecule has 0 bridgehead atoms. The molecule has 0 amide bonds. The first-order valence-corrected chi connectivity index (χ1v) is 7.11. The van der Waals surface area contributed by atoms with Gasteiger partial charge in [-0.15, -0.1) is 0 Å². The highest BCUT2D eigenvalue weighted by atomic mass is 16.5. The molecule has 1 saturated heterocycles. The minimum Gasteiger partial charge on any atom is -0.460 e. The molecule has 0 aliphatic carbocycles. The summed E-state index contributed by atoms with van der Waals surface area (Å²) in [6.07, 6.45) is 2.18. The summed E-state index contributed by atoms with van der Waals surface area (Å²) in [7, 11) is 2.12. The van der Waals surface area contributed by atoms with Gasteiger partial charge in [-0.2, -0.15) is 0 Å². The molecule has 1 fully saturated rings. The number of rotatable bonds is 4. The first-order chi connectivity index (χ1) is 9.61. The van der Waals surface area contributed by atoms with Gasteiger partial charge in [-0.1, -0.05) is 18.2 Å². The number of carbonyl (C=O) groups excluding carboxylic acids is 2. The van der Waals surface area contributed by atoms with Crippen molar-refractivity contribution >= 4 is 11.8 Å². The van der Waals surface area contributed by atoms with Crippen LogP contribution in [0, 0.1) is 0 Å². The summed E-state index contributed by atoms with van der Waals surface area (Å²) in [5.41, 5.74) is 1.58. The molecule has 0 atom stereocenters. The molecule has 108 valence electrons. The Labute approximate surface area is 119 Å². The maximum atomic E-state index is 11.9. The van der Waals surface area contributed by atoms with Crippen LogP contribution < -0.4 is 0 Å². The molecule has 20 heavy (non-hydrogen) atoms. The number of hydrogen-bond acceptors (Lipinski definition) is 4. The number of nitrogens with zero attached hydrogens (tertiary/aromatic N) is 1. The summed E-state index contributed by atoms with van der Waals surface area (Å²) in [5.74, 6) is -0.851. The van der Waals surface area contributed by atoms with Crippen molar-refractivity contribution in [3.63, 3.8) is 0 Å². The molecule has 0 unspecified atom stereocenters. The van der Waals surface area contributed by atoms with Crippen molar-refractivity contribution in [2.24, 2.45) is 0 Å². The maximum Gasteiger partial charge on any atom is 0.379 e. The highest BCUT2D eigenvalue weighted by Gasteiger charge is 2.21. The summed E-state index contributed by atoms with van der Waals surface area (Å²) in [4.78, 5) is 25.7. The minimum absolute atomic E-state index is 0.221. The van der Waals surface area contributed by atoms with E-state index >= 15 is 0 Å². The summed E-state index contributed by atoms with van der Waals surface area (Å²) >= 11 is 0. The Morgan fingerprint density at radius 2 is 2.00 bits per heavy atom. The summed E-state index contributed by atoms with van der Waals surface area (Å²) in [6.45, 7) is 4.06. The fourth-order valence-corrected chi connectivity index (χ4v) is 2.59. The smallest absolute Gasteiger partial charge is 0.379 e. The number of Topliss-reactive ketones (excluding diaryl/α,β-unsaturated/α-hetero) is 1. The highest BCUT2D eigenvalue weighted by molar-refractivity contribution is 6.40. The molecule has 1 aliphatic heterocycles. The number of likely N-dealkylation sites (tertiary alicyclic amines) is 1. The van der Waals surface area contributed by atoms with E-state index in [2.05, 4.69) is 11.9 Å². The van der Waals surface area contributed by atoms with Crippen LogP contribution in [0.4, 0.5) is 0 Å². The summed E-state index contributed by atoms with van der Waals surface area (Å²) < 4.78 is 4.76. The van der Waals surface area contributed by atoms with E-state index < -0.39 is 11.8 Å². The van der Waals surface area contributed by atoms with Gasteiger partial charge in [0.1, 0.15) is 0 Å². The van der Waals surface area contributed by atoms with Gasteiger partial charge >= 0.3 is 5.97 Å². The summed E-state index contributed by atoms with van der Waals surface area (Å²) in [5, 5.41) is 0. The molecule has 2 rings (SSSR count). The van der Waals surface area contributed by atoms with E-state index in [4.69, 9.17) is 4.74 Å². The lowest BCUT2D eigenvalue weighted by atomic mass is 9.88. The van der Waals surface area contributed by atoms with Gasteiger partial charge in [-0.25, -0.2) is 4.79 Å². The second-order valence-corrected chi connectivity index (χ2v) is 5.25. The third-order valence-electron chi connectivity index (χ3n) is 3.80. The van der Waals surface area contributed by atoms with Crippen molar-refractivity contribution in [3.05, 3.63) is 35.4 Å². The largest absolute Gasteiger partial charge is 0.460 e. The SMILES string of the molecule is CCOC(=O)C(=O)c1cccc(C2CCN(C)CC2)c1. The zero-order chi connectivity index (χ0) is 14.5. The molecule has 0 saturated carbocycles. The van der Waals surface area contributed by atoms with Crippen LogP contribution in [0.2, 0.25) is 0 Å². The van der Waals surface area contributed by atoms with E-state index in [1.54, 1.807) is 13.0 Å². The van der Waals surface area contributed by atoms with E-state index in [-0.39, 0.29) is 6.61 Å².